The molecule has 0 bridgehead atoms. The molecule has 0 radical (unpaired) electrons. The van der Waals surface area contributed by atoms with Gasteiger partial charge in [0, 0.05) is 11.9 Å². The second-order valence-electron chi connectivity index (χ2n) is 5.25. The first kappa shape index (κ1) is 20.6. The highest BCUT2D eigenvalue weighted by atomic mass is 32.2. The molecule has 0 aromatic carbocycles. The smallest absolute Gasteiger partial charge is 0.328 e. The number of hydrogen-bond acceptors (Lipinski definition) is 6. The van der Waals surface area contributed by atoms with Crippen molar-refractivity contribution in [2.45, 2.75) is 37.4 Å². The van der Waals surface area contributed by atoms with Crippen LogP contribution in [0.4, 0.5) is 0 Å². The van der Waals surface area contributed by atoms with Crippen LogP contribution in [0.1, 0.15) is 30.6 Å². The standard InChI is InChI=1S/C17H24N2O3S2/c1-5-10-24-16-13(7-6-9-18-16)15(20)19-14(8-11-23-4)17(21)22-12(2)3/h5-7,9,12,14H,1,8,10-11H2,2-4H3,(H,19,20). The molecule has 132 valence electrons. The third-order valence-electron chi connectivity index (χ3n) is 2.91. The molecule has 24 heavy (non-hydrogen) atoms. The number of nitrogens with zero attached hydrogens (tertiary/aromatic N) is 1. The molecule has 1 aromatic rings. The van der Waals surface area contributed by atoms with Crippen LogP contribution in [0.5, 0.6) is 0 Å². The summed E-state index contributed by atoms with van der Waals surface area (Å²) in [5, 5.41) is 3.41. The average Bonchev–Trinajstić information content (AvgIpc) is 2.56. The molecule has 5 nitrogen and oxygen atoms in total. The number of thioether (sulfide) groups is 2. The van der Waals surface area contributed by atoms with Crippen LogP contribution >= 0.6 is 23.5 Å². The Labute approximate surface area is 152 Å². The number of nitrogens with one attached hydrogen (secondary N) is 1. The molecule has 1 unspecified atom stereocenters. The predicted octanol–water partition coefficient (Wildman–Crippen LogP) is 3.16. The molecule has 1 heterocycles. The summed E-state index contributed by atoms with van der Waals surface area (Å²) in [4.78, 5) is 29.0. The summed E-state index contributed by atoms with van der Waals surface area (Å²) in [6, 6.07) is 2.74. The van der Waals surface area contributed by atoms with Gasteiger partial charge in [0.1, 0.15) is 11.1 Å². The first-order chi connectivity index (χ1) is 11.5. The SMILES string of the molecule is C=CCSc1ncccc1C(=O)NC(CCSC)C(=O)OC(C)C. The molecule has 1 atom stereocenters. The van der Waals surface area contributed by atoms with E-state index in [0.717, 1.165) is 5.75 Å². The molecular weight excluding hydrogens is 344 g/mol. The second kappa shape index (κ2) is 11.1. The predicted molar refractivity (Wildman–Crippen MR) is 101 cm³/mol. The third kappa shape index (κ3) is 6.97. The summed E-state index contributed by atoms with van der Waals surface area (Å²) in [6.45, 7) is 7.25. The summed E-state index contributed by atoms with van der Waals surface area (Å²) in [5.74, 6) is 0.685. The van der Waals surface area contributed by atoms with Gasteiger partial charge in [-0.1, -0.05) is 6.08 Å². The van der Waals surface area contributed by atoms with Crippen molar-refractivity contribution in [1.82, 2.24) is 10.3 Å². The Morgan fingerprint density at radius 2 is 2.21 bits per heavy atom. The molecule has 7 heteroatoms. The van der Waals surface area contributed by atoms with Gasteiger partial charge in [0.25, 0.3) is 5.91 Å². The lowest BCUT2D eigenvalue weighted by atomic mass is 10.2. The zero-order valence-electron chi connectivity index (χ0n) is 14.3. The van der Waals surface area contributed by atoms with Gasteiger partial charge in [0.2, 0.25) is 0 Å². The normalized spacial score (nSPS) is 11.8. The first-order valence-corrected chi connectivity index (χ1v) is 10.1. The molecule has 0 aliphatic carbocycles. The Morgan fingerprint density at radius 3 is 2.83 bits per heavy atom. The lowest BCUT2D eigenvalue weighted by Crippen LogP contribution is -2.43. The van der Waals surface area contributed by atoms with Crippen molar-refractivity contribution in [2.75, 3.05) is 17.8 Å². The van der Waals surface area contributed by atoms with Gasteiger partial charge in [-0.3, -0.25) is 4.79 Å². The van der Waals surface area contributed by atoms with E-state index in [0.29, 0.717) is 22.8 Å². The Bertz CT molecular complexity index is 565. The van der Waals surface area contributed by atoms with Crippen LogP contribution in [0.15, 0.2) is 36.0 Å². The first-order valence-electron chi connectivity index (χ1n) is 7.68. The number of carbonyl (C=O) groups is 2. The fourth-order valence-electron chi connectivity index (χ4n) is 1.85. The minimum atomic E-state index is -0.662. The number of rotatable bonds is 10. The zero-order valence-corrected chi connectivity index (χ0v) is 15.9. The van der Waals surface area contributed by atoms with E-state index in [4.69, 9.17) is 4.74 Å². The Balaban J connectivity index is 2.87. The fraction of sp³-hybridized carbons (Fsp3) is 0.471. The van der Waals surface area contributed by atoms with Crippen molar-refractivity contribution in [2.24, 2.45) is 0 Å². The van der Waals surface area contributed by atoms with Crippen LogP contribution in [-0.4, -0.2) is 46.8 Å². The molecule has 1 N–H and O–H groups in total. The van der Waals surface area contributed by atoms with Crippen molar-refractivity contribution < 1.29 is 14.3 Å². The quantitative estimate of drug-likeness (QED) is 0.389. The average molecular weight is 369 g/mol. The van der Waals surface area contributed by atoms with Crippen molar-refractivity contribution >= 4 is 35.4 Å². The number of hydrogen-bond donors (Lipinski definition) is 1. The van der Waals surface area contributed by atoms with Crippen molar-refractivity contribution in [3.63, 3.8) is 0 Å². The van der Waals surface area contributed by atoms with Gasteiger partial charge < -0.3 is 10.1 Å². The van der Waals surface area contributed by atoms with Crippen molar-refractivity contribution in [3.8, 4) is 0 Å². The van der Waals surface area contributed by atoms with Gasteiger partial charge in [-0.25, -0.2) is 9.78 Å². The van der Waals surface area contributed by atoms with Crippen LogP contribution in [0, 0.1) is 0 Å². The zero-order chi connectivity index (χ0) is 17.9. The summed E-state index contributed by atoms with van der Waals surface area (Å²) in [5.41, 5.74) is 0.454. The van der Waals surface area contributed by atoms with E-state index in [-0.39, 0.29) is 12.0 Å². The highest BCUT2D eigenvalue weighted by molar-refractivity contribution is 7.99. The molecule has 0 aliphatic heterocycles. The fourth-order valence-corrected chi connectivity index (χ4v) is 3.05. The van der Waals surface area contributed by atoms with E-state index in [2.05, 4.69) is 16.9 Å². The maximum Gasteiger partial charge on any atom is 0.328 e. The molecule has 1 rings (SSSR count). The highest BCUT2D eigenvalue weighted by Gasteiger charge is 2.24. The molecule has 0 saturated carbocycles. The summed E-state index contributed by atoms with van der Waals surface area (Å²) in [7, 11) is 0. The van der Waals surface area contributed by atoms with E-state index in [1.165, 1.54) is 11.8 Å². The summed E-state index contributed by atoms with van der Waals surface area (Å²) in [6.07, 6.45) is 5.65. The molecule has 1 aromatic heterocycles. The minimum absolute atomic E-state index is 0.219. The second-order valence-corrected chi connectivity index (χ2v) is 7.24. The van der Waals surface area contributed by atoms with E-state index < -0.39 is 12.0 Å². The maximum atomic E-state index is 12.6. The van der Waals surface area contributed by atoms with Crippen LogP contribution in [0.2, 0.25) is 0 Å². The largest absolute Gasteiger partial charge is 0.461 e. The topological polar surface area (TPSA) is 68.3 Å². The Kier molecular flexibility index (Phi) is 9.56. The van der Waals surface area contributed by atoms with Crippen LogP contribution < -0.4 is 5.32 Å². The summed E-state index contributed by atoms with van der Waals surface area (Å²) >= 11 is 3.05. The highest BCUT2D eigenvalue weighted by Crippen LogP contribution is 2.20. The number of esters is 1. The molecular formula is C17H24N2O3S2. The molecule has 1 amide bonds. The van der Waals surface area contributed by atoms with E-state index in [9.17, 15) is 9.59 Å². The van der Waals surface area contributed by atoms with E-state index in [1.807, 2.05) is 6.26 Å². The van der Waals surface area contributed by atoms with Gasteiger partial charge in [-0.05, 0) is 44.4 Å². The Morgan fingerprint density at radius 1 is 1.46 bits per heavy atom. The number of carbonyl (C=O) groups excluding carboxylic acids is 2. The summed E-state index contributed by atoms with van der Waals surface area (Å²) < 4.78 is 5.24. The van der Waals surface area contributed by atoms with Gasteiger partial charge in [0.15, 0.2) is 0 Å². The number of pyridine rings is 1. The van der Waals surface area contributed by atoms with E-state index >= 15 is 0 Å². The lowest BCUT2D eigenvalue weighted by Gasteiger charge is -2.19. The van der Waals surface area contributed by atoms with Crippen molar-refractivity contribution in [1.29, 1.82) is 0 Å². The monoisotopic (exact) mass is 368 g/mol. The lowest BCUT2D eigenvalue weighted by molar-refractivity contribution is -0.149. The van der Waals surface area contributed by atoms with Gasteiger partial charge in [-0.2, -0.15) is 11.8 Å². The number of aromatic nitrogens is 1. The molecule has 0 fully saturated rings. The maximum absolute atomic E-state index is 12.6. The molecule has 0 saturated heterocycles. The van der Waals surface area contributed by atoms with Crippen LogP contribution in [-0.2, 0) is 9.53 Å². The van der Waals surface area contributed by atoms with Gasteiger partial charge in [0.05, 0.1) is 11.7 Å². The third-order valence-corrected chi connectivity index (χ3v) is 4.55. The van der Waals surface area contributed by atoms with E-state index in [1.54, 1.807) is 50.0 Å². The number of ether oxygens (including phenoxy) is 1. The van der Waals surface area contributed by atoms with Crippen molar-refractivity contribution in [3.05, 3.63) is 36.5 Å². The van der Waals surface area contributed by atoms with Crippen LogP contribution in [0.25, 0.3) is 0 Å². The van der Waals surface area contributed by atoms with Crippen LogP contribution in [0.3, 0.4) is 0 Å². The van der Waals surface area contributed by atoms with Gasteiger partial charge in [-0.15, -0.1) is 18.3 Å². The molecule has 0 aliphatic rings. The Hall–Kier alpha value is -1.47. The number of amides is 1. The minimum Gasteiger partial charge on any atom is -0.461 e. The molecule has 0 spiro atoms. The van der Waals surface area contributed by atoms with Gasteiger partial charge >= 0.3 is 5.97 Å².